The number of nitrogens with one attached hydrogen (secondary N) is 1. The van der Waals surface area contributed by atoms with E-state index >= 15 is 0 Å². The lowest BCUT2D eigenvalue weighted by Crippen LogP contribution is -2.22. The predicted molar refractivity (Wildman–Crippen MR) is 76.8 cm³/mol. The van der Waals surface area contributed by atoms with Crippen LogP contribution in [-0.2, 0) is 0 Å². The molecule has 0 saturated carbocycles. The lowest BCUT2D eigenvalue weighted by Gasteiger charge is -2.08. The third-order valence-corrected chi connectivity index (χ3v) is 2.93. The van der Waals surface area contributed by atoms with Crippen molar-refractivity contribution in [2.75, 3.05) is 6.54 Å². The highest BCUT2D eigenvalue weighted by atomic mass is 16.4. The van der Waals surface area contributed by atoms with E-state index in [-0.39, 0.29) is 11.5 Å². The van der Waals surface area contributed by atoms with Crippen molar-refractivity contribution < 1.29 is 14.7 Å². The van der Waals surface area contributed by atoms with Crippen molar-refractivity contribution in [3.05, 3.63) is 59.7 Å². The van der Waals surface area contributed by atoms with Crippen molar-refractivity contribution in [1.82, 2.24) is 5.32 Å². The Morgan fingerprint density at radius 2 is 1.85 bits per heavy atom. The molecule has 4 nitrogen and oxygen atoms in total. The van der Waals surface area contributed by atoms with E-state index in [9.17, 15) is 14.7 Å². The molecule has 0 spiro atoms. The van der Waals surface area contributed by atoms with Crippen LogP contribution in [0.25, 0.3) is 11.1 Å². The van der Waals surface area contributed by atoms with Crippen LogP contribution >= 0.6 is 0 Å². The zero-order chi connectivity index (χ0) is 14.5. The molecule has 4 heteroatoms. The van der Waals surface area contributed by atoms with Gasteiger partial charge < -0.3 is 10.4 Å². The van der Waals surface area contributed by atoms with E-state index in [1.54, 1.807) is 48.5 Å². The molecule has 0 aromatic heterocycles. The molecule has 1 amide bonds. The number of rotatable bonds is 4. The minimum Gasteiger partial charge on any atom is -0.478 e. The molecule has 20 heavy (non-hydrogen) atoms. The summed E-state index contributed by atoms with van der Waals surface area (Å²) in [5, 5.41) is 11.9. The molecule has 0 atom stereocenters. The van der Waals surface area contributed by atoms with E-state index in [1.165, 1.54) is 0 Å². The summed E-state index contributed by atoms with van der Waals surface area (Å²) in [4.78, 5) is 23.1. The second-order valence-corrected chi connectivity index (χ2v) is 4.29. The van der Waals surface area contributed by atoms with Crippen LogP contribution in [0, 0.1) is 0 Å². The first kappa shape index (κ1) is 13.8. The summed E-state index contributed by atoms with van der Waals surface area (Å²) in [6.45, 7) is 2.40. The first-order valence-electron chi connectivity index (χ1n) is 6.34. The summed E-state index contributed by atoms with van der Waals surface area (Å²) < 4.78 is 0. The van der Waals surface area contributed by atoms with Gasteiger partial charge in [-0.2, -0.15) is 0 Å². The van der Waals surface area contributed by atoms with Crippen LogP contribution in [0.15, 0.2) is 48.5 Å². The highest BCUT2D eigenvalue weighted by Gasteiger charge is 2.12. The normalized spacial score (nSPS) is 10.1. The van der Waals surface area contributed by atoms with Gasteiger partial charge in [0.15, 0.2) is 0 Å². The molecule has 0 aliphatic heterocycles. The summed E-state index contributed by atoms with van der Waals surface area (Å²) >= 11 is 0. The molecule has 2 rings (SSSR count). The number of hydrogen-bond acceptors (Lipinski definition) is 2. The molecule has 0 radical (unpaired) electrons. The Morgan fingerprint density at radius 1 is 1.10 bits per heavy atom. The third-order valence-electron chi connectivity index (χ3n) is 2.93. The zero-order valence-corrected chi connectivity index (χ0v) is 11.1. The van der Waals surface area contributed by atoms with Gasteiger partial charge in [0.05, 0.1) is 5.56 Å². The van der Waals surface area contributed by atoms with Gasteiger partial charge in [0.1, 0.15) is 0 Å². The Morgan fingerprint density at radius 3 is 2.55 bits per heavy atom. The summed E-state index contributed by atoms with van der Waals surface area (Å²) in [6, 6.07) is 13.7. The van der Waals surface area contributed by atoms with E-state index in [0.29, 0.717) is 23.2 Å². The quantitative estimate of drug-likeness (QED) is 0.897. The van der Waals surface area contributed by atoms with E-state index in [0.717, 1.165) is 0 Å². The number of carboxylic acid groups (broad SMARTS) is 1. The number of hydrogen-bond donors (Lipinski definition) is 2. The fourth-order valence-corrected chi connectivity index (χ4v) is 2.01. The van der Waals surface area contributed by atoms with Gasteiger partial charge in [0.2, 0.25) is 0 Å². The molecule has 2 aromatic carbocycles. The average molecular weight is 269 g/mol. The second kappa shape index (κ2) is 6.02. The van der Waals surface area contributed by atoms with Crippen molar-refractivity contribution >= 4 is 11.9 Å². The van der Waals surface area contributed by atoms with Crippen LogP contribution in [0.2, 0.25) is 0 Å². The van der Waals surface area contributed by atoms with Gasteiger partial charge >= 0.3 is 5.97 Å². The summed E-state index contributed by atoms with van der Waals surface area (Å²) in [7, 11) is 0. The summed E-state index contributed by atoms with van der Waals surface area (Å²) in [5.41, 5.74) is 2.06. The number of carbonyl (C=O) groups excluding carboxylic acids is 1. The van der Waals surface area contributed by atoms with Gasteiger partial charge in [-0.15, -0.1) is 0 Å². The molecule has 0 aliphatic carbocycles. The molecule has 2 aromatic rings. The Labute approximate surface area is 117 Å². The predicted octanol–water partition coefficient (Wildman–Crippen LogP) is 2.80. The Kier molecular flexibility index (Phi) is 4.15. The second-order valence-electron chi connectivity index (χ2n) is 4.29. The third kappa shape index (κ3) is 2.85. The molecule has 0 saturated heterocycles. The number of carboxylic acids is 1. The van der Waals surface area contributed by atoms with Gasteiger partial charge in [-0.1, -0.05) is 30.3 Å². The highest BCUT2D eigenvalue weighted by Crippen LogP contribution is 2.24. The first-order chi connectivity index (χ1) is 9.63. The maximum absolute atomic E-state index is 11.8. The van der Waals surface area contributed by atoms with Gasteiger partial charge in [-0.05, 0) is 36.2 Å². The molecule has 102 valence electrons. The fraction of sp³-hybridized carbons (Fsp3) is 0.125. The van der Waals surface area contributed by atoms with Gasteiger partial charge in [0.25, 0.3) is 5.91 Å². The summed E-state index contributed by atoms with van der Waals surface area (Å²) in [6.07, 6.45) is 0. The van der Waals surface area contributed by atoms with Crippen molar-refractivity contribution in [3.63, 3.8) is 0 Å². The SMILES string of the molecule is CCNC(=O)c1cccc(-c2ccccc2C(=O)O)c1. The first-order valence-corrected chi connectivity index (χ1v) is 6.34. The molecule has 0 unspecified atom stereocenters. The molecule has 0 bridgehead atoms. The molecule has 2 N–H and O–H groups in total. The van der Waals surface area contributed by atoms with E-state index in [2.05, 4.69) is 5.32 Å². The monoisotopic (exact) mass is 269 g/mol. The van der Waals surface area contributed by atoms with Crippen LogP contribution in [0.5, 0.6) is 0 Å². The number of carbonyl (C=O) groups is 2. The lowest BCUT2D eigenvalue weighted by atomic mass is 9.98. The average Bonchev–Trinajstić information content (AvgIpc) is 2.47. The van der Waals surface area contributed by atoms with Gasteiger partial charge in [0, 0.05) is 12.1 Å². The van der Waals surface area contributed by atoms with Crippen LogP contribution < -0.4 is 5.32 Å². The zero-order valence-electron chi connectivity index (χ0n) is 11.1. The highest BCUT2D eigenvalue weighted by molar-refractivity contribution is 5.98. The smallest absolute Gasteiger partial charge is 0.336 e. The molecule has 0 heterocycles. The number of aromatic carboxylic acids is 1. The van der Waals surface area contributed by atoms with Crippen LogP contribution in [-0.4, -0.2) is 23.5 Å². The van der Waals surface area contributed by atoms with Crippen LogP contribution in [0.1, 0.15) is 27.6 Å². The Balaban J connectivity index is 2.46. The summed E-state index contributed by atoms with van der Waals surface area (Å²) in [5.74, 6) is -1.15. The van der Waals surface area contributed by atoms with E-state index < -0.39 is 5.97 Å². The van der Waals surface area contributed by atoms with Crippen molar-refractivity contribution in [2.45, 2.75) is 6.92 Å². The topological polar surface area (TPSA) is 66.4 Å². The Hall–Kier alpha value is -2.62. The van der Waals surface area contributed by atoms with Crippen molar-refractivity contribution in [1.29, 1.82) is 0 Å². The maximum Gasteiger partial charge on any atom is 0.336 e. The minimum absolute atomic E-state index is 0.165. The van der Waals surface area contributed by atoms with Crippen LogP contribution in [0.3, 0.4) is 0 Å². The van der Waals surface area contributed by atoms with Crippen molar-refractivity contribution in [3.8, 4) is 11.1 Å². The lowest BCUT2D eigenvalue weighted by molar-refractivity contribution is 0.0697. The number of benzene rings is 2. The van der Waals surface area contributed by atoms with Gasteiger partial charge in [-0.25, -0.2) is 4.79 Å². The fourth-order valence-electron chi connectivity index (χ4n) is 2.01. The van der Waals surface area contributed by atoms with Crippen LogP contribution in [0.4, 0.5) is 0 Å². The maximum atomic E-state index is 11.8. The standard InChI is InChI=1S/C16H15NO3/c1-2-17-15(18)12-7-5-6-11(10-12)13-8-3-4-9-14(13)16(19)20/h3-10H,2H2,1H3,(H,17,18)(H,19,20). The van der Waals surface area contributed by atoms with E-state index in [4.69, 9.17) is 0 Å². The minimum atomic E-state index is -0.982. The molecule has 0 fully saturated rings. The molecular weight excluding hydrogens is 254 g/mol. The number of amides is 1. The van der Waals surface area contributed by atoms with Gasteiger partial charge in [-0.3, -0.25) is 4.79 Å². The molecular formula is C16H15NO3. The van der Waals surface area contributed by atoms with Crippen molar-refractivity contribution in [2.24, 2.45) is 0 Å². The largest absolute Gasteiger partial charge is 0.478 e. The molecule has 0 aliphatic rings. The Bertz CT molecular complexity index is 650. The van der Waals surface area contributed by atoms with E-state index in [1.807, 2.05) is 6.92 Å².